The van der Waals surface area contributed by atoms with Gasteiger partial charge in [-0.2, -0.15) is 13.4 Å². The number of nitrogens with one attached hydrogen (secondary N) is 2. The molecule has 2 N–H and O–H groups in total. The second-order valence-electron chi connectivity index (χ2n) is 7.54. The fourth-order valence-corrected chi connectivity index (χ4v) is 4.46. The lowest BCUT2D eigenvalue weighted by Crippen LogP contribution is -2.18. The van der Waals surface area contributed by atoms with Crippen molar-refractivity contribution in [1.82, 2.24) is 19.5 Å². The van der Waals surface area contributed by atoms with Gasteiger partial charge in [0, 0.05) is 29.7 Å². The molecule has 4 aromatic rings. The van der Waals surface area contributed by atoms with E-state index in [-0.39, 0.29) is 22.8 Å². The minimum Gasteiger partial charge on any atom is -0.481 e. The molecule has 0 unspecified atom stereocenters. The monoisotopic (exact) mass is 500 g/mol. The molecule has 4 rings (SSSR count). The fraction of sp³-hybridized carbons (Fsp3) is 0.182. The van der Waals surface area contributed by atoms with Crippen LogP contribution in [-0.4, -0.2) is 41.0 Å². The molecule has 0 saturated heterocycles. The fourth-order valence-electron chi connectivity index (χ4n) is 3.37. The molecule has 34 heavy (non-hydrogen) atoms. The van der Waals surface area contributed by atoms with E-state index in [1.165, 1.54) is 25.4 Å². The van der Waals surface area contributed by atoms with E-state index >= 15 is 0 Å². The molecule has 3 heterocycles. The topological polar surface area (TPSA) is 128 Å². The molecule has 176 valence electrons. The Labute approximate surface area is 201 Å². The van der Waals surface area contributed by atoms with Crippen molar-refractivity contribution in [2.75, 3.05) is 17.1 Å². The third kappa shape index (κ3) is 4.52. The summed E-state index contributed by atoms with van der Waals surface area (Å²) >= 11 is 6.39. The first kappa shape index (κ1) is 23.5. The van der Waals surface area contributed by atoms with Crippen LogP contribution in [0.25, 0.3) is 10.9 Å². The molecule has 0 spiro atoms. The van der Waals surface area contributed by atoms with E-state index in [4.69, 9.17) is 16.3 Å². The average Bonchev–Trinajstić information content (AvgIpc) is 3.13. The summed E-state index contributed by atoms with van der Waals surface area (Å²) in [5, 5.41) is 3.82. The number of nitrogens with zero attached hydrogens (tertiary/aromatic N) is 4. The lowest BCUT2D eigenvalue weighted by Gasteiger charge is -2.09. The number of hydrogen-bond donors (Lipinski definition) is 2. The van der Waals surface area contributed by atoms with Crippen LogP contribution in [0.15, 0.2) is 47.6 Å². The number of methoxy groups -OCH3 is 1. The lowest BCUT2D eigenvalue weighted by molar-refractivity contribution is 0.101. The van der Waals surface area contributed by atoms with E-state index < -0.39 is 10.0 Å². The molecule has 0 atom stereocenters. The molecule has 0 radical (unpaired) electrons. The normalized spacial score (nSPS) is 11.4. The van der Waals surface area contributed by atoms with Gasteiger partial charge in [0.2, 0.25) is 11.8 Å². The Morgan fingerprint density at radius 2 is 1.88 bits per heavy atom. The Balaban J connectivity index is 1.53. The standard InChI is InChI=1S/C22H21ClN6O4S/c1-12-5-7-16-15(20(12)23)10-17(29(16)3)21(30)26-14-6-8-19(24-11-14)34(31,32)28-22-25-13(2)9-18(27-22)33-4/h5-11H,1-4H3,(H,26,30)(H,25,27,28). The third-order valence-corrected chi connectivity index (χ3v) is 6.87. The van der Waals surface area contributed by atoms with Crippen molar-refractivity contribution in [2.24, 2.45) is 7.05 Å². The number of carbonyl (C=O) groups excluding carboxylic acids is 1. The Hall–Kier alpha value is -3.70. The summed E-state index contributed by atoms with van der Waals surface area (Å²) in [6, 6.07) is 9.78. The van der Waals surface area contributed by atoms with Gasteiger partial charge in [0.1, 0.15) is 5.69 Å². The van der Waals surface area contributed by atoms with E-state index in [9.17, 15) is 13.2 Å². The molecule has 12 heteroatoms. The quantitative estimate of drug-likeness (QED) is 0.413. The highest BCUT2D eigenvalue weighted by molar-refractivity contribution is 7.92. The molecular weight excluding hydrogens is 480 g/mol. The van der Waals surface area contributed by atoms with Gasteiger partial charge in [0.25, 0.3) is 15.9 Å². The van der Waals surface area contributed by atoms with Gasteiger partial charge in [-0.05, 0) is 43.7 Å². The third-order valence-electron chi connectivity index (χ3n) is 5.12. The lowest BCUT2D eigenvalue weighted by atomic mass is 10.2. The number of pyridine rings is 1. The molecule has 0 aliphatic carbocycles. The predicted molar refractivity (Wildman–Crippen MR) is 129 cm³/mol. The molecule has 3 aromatic heterocycles. The Kier molecular flexibility index (Phi) is 6.15. The summed E-state index contributed by atoms with van der Waals surface area (Å²) in [7, 11) is -0.871. The zero-order valence-electron chi connectivity index (χ0n) is 18.7. The number of sulfonamides is 1. The highest BCUT2D eigenvalue weighted by Gasteiger charge is 2.20. The van der Waals surface area contributed by atoms with Crippen molar-refractivity contribution in [3.63, 3.8) is 0 Å². The second-order valence-corrected chi connectivity index (χ2v) is 9.55. The number of halogens is 1. The van der Waals surface area contributed by atoms with E-state index in [0.717, 1.165) is 16.5 Å². The van der Waals surface area contributed by atoms with E-state index in [0.29, 0.717) is 22.1 Å². The number of amides is 1. The number of carbonyl (C=O) groups is 1. The predicted octanol–water partition coefficient (Wildman–Crippen LogP) is 3.70. The maximum absolute atomic E-state index is 12.9. The van der Waals surface area contributed by atoms with Gasteiger partial charge in [-0.25, -0.2) is 14.7 Å². The van der Waals surface area contributed by atoms with Crippen LogP contribution in [0.2, 0.25) is 5.02 Å². The van der Waals surface area contributed by atoms with E-state index in [1.807, 2.05) is 19.1 Å². The molecule has 1 aromatic carbocycles. The number of aromatic nitrogens is 4. The number of hydrogen-bond acceptors (Lipinski definition) is 7. The number of aryl methyl sites for hydroxylation is 3. The Morgan fingerprint density at radius 3 is 2.56 bits per heavy atom. The van der Waals surface area contributed by atoms with Gasteiger partial charge in [-0.3, -0.25) is 4.79 Å². The minimum atomic E-state index is -4.06. The summed E-state index contributed by atoms with van der Waals surface area (Å²) in [5.41, 5.74) is 2.98. The molecule has 0 saturated carbocycles. The second kappa shape index (κ2) is 8.92. The highest BCUT2D eigenvalue weighted by atomic mass is 35.5. The number of benzene rings is 1. The van der Waals surface area contributed by atoms with Crippen molar-refractivity contribution < 1.29 is 17.9 Å². The highest BCUT2D eigenvalue weighted by Crippen LogP contribution is 2.29. The maximum Gasteiger partial charge on any atom is 0.281 e. The van der Waals surface area contributed by atoms with Gasteiger partial charge >= 0.3 is 0 Å². The molecule has 0 fully saturated rings. The van der Waals surface area contributed by atoms with Gasteiger partial charge in [0.05, 0.1) is 24.0 Å². The zero-order valence-corrected chi connectivity index (χ0v) is 20.3. The van der Waals surface area contributed by atoms with Gasteiger partial charge < -0.3 is 14.6 Å². The van der Waals surface area contributed by atoms with Crippen LogP contribution in [0.5, 0.6) is 5.88 Å². The Morgan fingerprint density at radius 1 is 1.12 bits per heavy atom. The van der Waals surface area contributed by atoms with Crippen molar-refractivity contribution in [2.45, 2.75) is 18.9 Å². The first-order valence-corrected chi connectivity index (χ1v) is 11.9. The van der Waals surface area contributed by atoms with Crippen molar-refractivity contribution in [3.8, 4) is 5.88 Å². The molecule has 0 aliphatic rings. The maximum atomic E-state index is 12.9. The number of fused-ring (bicyclic) bond motifs is 1. The van der Waals surface area contributed by atoms with Crippen LogP contribution in [0.1, 0.15) is 21.7 Å². The summed E-state index contributed by atoms with van der Waals surface area (Å²) in [4.78, 5) is 24.8. The van der Waals surface area contributed by atoms with Gasteiger partial charge in [-0.15, -0.1) is 0 Å². The number of rotatable bonds is 6. The zero-order chi connectivity index (χ0) is 24.6. The molecule has 1 amide bonds. The largest absolute Gasteiger partial charge is 0.481 e. The van der Waals surface area contributed by atoms with E-state index in [2.05, 4.69) is 25.0 Å². The SMILES string of the molecule is COc1cc(C)nc(NS(=O)(=O)c2ccc(NC(=O)c3cc4c(Cl)c(C)ccc4n3C)cn2)n1. The summed E-state index contributed by atoms with van der Waals surface area (Å²) in [6.45, 7) is 3.58. The average molecular weight is 501 g/mol. The minimum absolute atomic E-state index is 0.138. The van der Waals surface area contributed by atoms with Gasteiger partial charge in [0.15, 0.2) is 5.03 Å². The van der Waals surface area contributed by atoms with Crippen molar-refractivity contribution >= 4 is 50.1 Å². The van der Waals surface area contributed by atoms with Crippen LogP contribution >= 0.6 is 11.6 Å². The van der Waals surface area contributed by atoms with E-state index in [1.54, 1.807) is 30.7 Å². The van der Waals surface area contributed by atoms with Crippen molar-refractivity contribution in [1.29, 1.82) is 0 Å². The smallest absolute Gasteiger partial charge is 0.281 e. The van der Waals surface area contributed by atoms with Crippen LogP contribution in [0.4, 0.5) is 11.6 Å². The number of ether oxygens (including phenoxy) is 1. The Bertz CT molecular complexity index is 1520. The van der Waals surface area contributed by atoms with Crippen LogP contribution in [0, 0.1) is 13.8 Å². The van der Waals surface area contributed by atoms with Crippen LogP contribution in [-0.2, 0) is 17.1 Å². The first-order chi connectivity index (χ1) is 16.1. The molecular formula is C22H21ClN6O4S. The molecule has 0 aliphatic heterocycles. The summed E-state index contributed by atoms with van der Waals surface area (Å²) in [6.07, 6.45) is 1.25. The summed E-state index contributed by atoms with van der Waals surface area (Å²) in [5.74, 6) is -0.301. The van der Waals surface area contributed by atoms with Crippen LogP contribution in [0.3, 0.4) is 0 Å². The van der Waals surface area contributed by atoms with Gasteiger partial charge in [-0.1, -0.05) is 17.7 Å². The van der Waals surface area contributed by atoms with Crippen molar-refractivity contribution in [3.05, 3.63) is 64.6 Å². The molecule has 10 nitrogen and oxygen atoms in total. The molecule has 0 bridgehead atoms. The summed E-state index contributed by atoms with van der Waals surface area (Å²) < 4.78 is 34.4. The first-order valence-electron chi connectivity index (χ1n) is 10.0. The number of anilines is 2. The van der Waals surface area contributed by atoms with Crippen LogP contribution < -0.4 is 14.8 Å².